The van der Waals surface area contributed by atoms with Crippen molar-refractivity contribution in [2.45, 2.75) is 25.7 Å². The number of imide groups is 1. The smallest absolute Gasteiger partial charge is 0.261 e. The summed E-state index contributed by atoms with van der Waals surface area (Å²) < 4.78 is 6.16. The molecule has 6 heteroatoms. The lowest BCUT2D eigenvalue weighted by molar-refractivity contribution is 0.0652. The second-order valence-corrected chi connectivity index (χ2v) is 10.4. The highest BCUT2D eigenvalue weighted by atomic mass is 32.2. The lowest BCUT2D eigenvalue weighted by atomic mass is 9.97. The van der Waals surface area contributed by atoms with E-state index in [0.29, 0.717) is 24.3 Å². The number of rotatable bonds is 14. The minimum atomic E-state index is -0.192. The van der Waals surface area contributed by atoms with Crippen molar-refractivity contribution >= 4 is 23.6 Å². The van der Waals surface area contributed by atoms with Crippen LogP contribution in [0.1, 0.15) is 44.7 Å². The predicted octanol–water partition coefficient (Wildman–Crippen LogP) is 6.70. The van der Waals surface area contributed by atoms with E-state index in [1.807, 2.05) is 36.4 Å². The second-order valence-electron chi connectivity index (χ2n) is 9.14. The number of hydrogen-bond donors (Lipinski definition) is 1. The molecule has 0 radical (unpaired) electrons. The Labute approximate surface area is 228 Å². The monoisotopic (exact) mass is 527 g/mol. The van der Waals surface area contributed by atoms with Crippen LogP contribution < -0.4 is 4.74 Å². The molecule has 196 valence electrons. The summed E-state index contributed by atoms with van der Waals surface area (Å²) in [6, 6.07) is 18.6. The van der Waals surface area contributed by atoms with Gasteiger partial charge in [-0.15, -0.1) is 13.2 Å². The van der Waals surface area contributed by atoms with Gasteiger partial charge < -0.3 is 9.84 Å². The fourth-order valence-electron chi connectivity index (χ4n) is 4.53. The van der Waals surface area contributed by atoms with Gasteiger partial charge in [0.25, 0.3) is 11.8 Å². The van der Waals surface area contributed by atoms with Gasteiger partial charge in [0.05, 0.1) is 17.7 Å². The Morgan fingerprint density at radius 1 is 0.789 bits per heavy atom. The van der Waals surface area contributed by atoms with Gasteiger partial charge in [-0.2, -0.15) is 11.8 Å². The third kappa shape index (κ3) is 6.37. The number of nitrogens with zero attached hydrogens (tertiary/aromatic N) is 1. The van der Waals surface area contributed by atoms with Gasteiger partial charge in [0.15, 0.2) is 0 Å². The van der Waals surface area contributed by atoms with Gasteiger partial charge in [0, 0.05) is 23.4 Å². The third-order valence-corrected chi connectivity index (χ3v) is 7.47. The average Bonchev–Trinajstić information content (AvgIpc) is 3.17. The number of phenols is 1. The number of aromatic hydroxyl groups is 1. The molecule has 0 saturated heterocycles. The normalized spacial score (nSPS) is 12.5. The van der Waals surface area contributed by atoms with Gasteiger partial charge in [-0.1, -0.05) is 36.4 Å². The minimum absolute atomic E-state index is 0.192. The van der Waals surface area contributed by atoms with E-state index >= 15 is 0 Å². The summed E-state index contributed by atoms with van der Waals surface area (Å²) in [4.78, 5) is 26.3. The van der Waals surface area contributed by atoms with Crippen LogP contribution in [0.25, 0.3) is 11.1 Å². The summed E-state index contributed by atoms with van der Waals surface area (Å²) in [7, 11) is 0. The molecule has 1 heterocycles. The van der Waals surface area contributed by atoms with Crippen LogP contribution in [0.2, 0.25) is 0 Å². The molecular weight excluding hydrogens is 494 g/mol. The first-order valence-electron chi connectivity index (χ1n) is 12.9. The Kier molecular flexibility index (Phi) is 9.44. The van der Waals surface area contributed by atoms with Crippen molar-refractivity contribution in [3.8, 4) is 22.6 Å². The van der Waals surface area contributed by atoms with Crippen molar-refractivity contribution < 1.29 is 19.4 Å². The van der Waals surface area contributed by atoms with Crippen LogP contribution in [0.5, 0.6) is 11.5 Å². The number of thioether (sulfide) groups is 1. The maximum Gasteiger partial charge on any atom is 0.261 e. The quantitative estimate of drug-likeness (QED) is 0.143. The van der Waals surface area contributed by atoms with Crippen molar-refractivity contribution in [2.24, 2.45) is 0 Å². The number of amides is 2. The lowest BCUT2D eigenvalue weighted by Gasteiger charge is -2.15. The zero-order chi connectivity index (χ0) is 26.9. The lowest BCUT2D eigenvalue weighted by Crippen LogP contribution is -2.30. The van der Waals surface area contributed by atoms with Crippen LogP contribution in [0.15, 0.2) is 86.0 Å². The Hall–Kier alpha value is -3.77. The maximum atomic E-state index is 12.5. The Morgan fingerprint density at radius 2 is 1.42 bits per heavy atom. The molecule has 0 unspecified atom stereocenters. The average molecular weight is 528 g/mol. The largest absolute Gasteiger partial charge is 0.507 e. The van der Waals surface area contributed by atoms with Crippen molar-refractivity contribution in [1.29, 1.82) is 0 Å². The van der Waals surface area contributed by atoms with Crippen LogP contribution in [0, 0.1) is 0 Å². The molecule has 0 atom stereocenters. The highest BCUT2D eigenvalue weighted by Gasteiger charge is 2.34. The molecule has 5 nitrogen and oxygen atoms in total. The molecule has 3 aromatic carbocycles. The SMILES string of the molecule is C=CCc1ccc(O)c(-c2cc(CC=C)ccc2OCCSCCCCN2C(=O)c3ccccc3C2=O)c1. The standard InChI is InChI=1S/C32H33NO4S/c1-3-9-23-13-15-29(34)27(21-23)28-22-24(10-4-2)14-16-30(28)37-18-20-38-19-8-7-17-33-31(35)25-11-5-6-12-26(25)32(33)36/h3-6,11-16,21-22,34H,1-2,7-10,17-20H2. The summed E-state index contributed by atoms with van der Waals surface area (Å²) in [5.41, 5.74) is 4.78. The number of hydrogen-bond acceptors (Lipinski definition) is 5. The second kappa shape index (κ2) is 13.2. The molecule has 4 rings (SSSR count). The molecule has 1 N–H and O–H groups in total. The summed E-state index contributed by atoms with van der Waals surface area (Å²) in [6.07, 6.45) is 6.84. The number of ether oxygens (including phenoxy) is 1. The van der Waals surface area contributed by atoms with Crippen molar-refractivity contribution in [1.82, 2.24) is 4.90 Å². The number of fused-ring (bicyclic) bond motifs is 1. The summed E-state index contributed by atoms with van der Waals surface area (Å²) in [5.74, 6) is 2.29. The van der Waals surface area contributed by atoms with E-state index in [0.717, 1.165) is 65.2 Å². The highest BCUT2D eigenvalue weighted by molar-refractivity contribution is 7.99. The minimum Gasteiger partial charge on any atom is -0.507 e. The van der Waals surface area contributed by atoms with E-state index in [2.05, 4.69) is 19.2 Å². The third-order valence-electron chi connectivity index (χ3n) is 6.44. The predicted molar refractivity (Wildman–Crippen MR) is 155 cm³/mol. The van der Waals surface area contributed by atoms with E-state index in [-0.39, 0.29) is 17.6 Å². The molecular formula is C32H33NO4S. The Morgan fingerprint density at radius 3 is 2.08 bits per heavy atom. The zero-order valence-electron chi connectivity index (χ0n) is 21.5. The molecule has 0 aliphatic carbocycles. The van der Waals surface area contributed by atoms with E-state index < -0.39 is 0 Å². The number of carbonyl (C=O) groups is 2. The number of allylic oxidation sites excluding steroid dienone is 2. The van der Waals surface area contributed by atoms with Crippen LogP contribution in [0.3, 0.4) is 0 Å². The molecule has 0 spiro atoms. The van der Waals surface area contributed by atoms with E-state index in [1.54, 1.807) is 42.1 Å². The highest BCUT2D eigenvalue weighted by Crippen LogP contribution is 2.37. The number of unbranched alkanes of at least 4 members (excludes halogenated alkanes) is 1. The Balaban J connectivity index is 1.27. The molecule has 1 aliphatic heterocycles. The summed E-state index contributed by atoms with van der Waals surface area (Å²) in [5, 5.41) is 10.6. The molecule has 0 bridgehead atoms. The van der Waals surface area contributed by atoms with Crippen LogP contribution in [-0.2, 0) is 12.8 Å². The number of phenolic OH excluding ortho intramolecular Hbond substituents is 1. The van der Waals surface area contributed by atoms with Crippen molar-refractivity contribution in [3.63, 3.8) is 0 Å². The first-order chi connectivity index (χ1) is 18.5. The zero-order valence-corrected chi connectivity index (χ0v) is 22.3. The van der Waals surface area contributed by atoms with Gasteiger partial charge in [-0.25, -0.2) is 0 Å². The molecule has 0 saturated carbocycles. The fourth-order valence-corrected chi connectivity index (χ4v) is 5.34. The Bertz CT molecular complexity index is 1300. The number of benzene rings is 3. The summed E-state index contributed by atoms with van der Waals surface area (Å²) >= 11 is 1.78. The molecule has 38 heavy (non-hydrogen) atoms. The van der Waals surface area contributed by atoms with Gasteiger partial charge >= 0.3 is 0 Å². The van der Waals surface area contributed by atoms with Gasteiger partial charge in [-0.05, 0) is 79.0 Å². The topological polar surface area (TPSA) is 66.8 Å². The molecule has 0 aromatic heterocycles. The van der Waals surface area contributed by atoms with E-state index in [9.17, 15) is 14.7 Å². The molecule has 3 aromatic rings. The molecule has 1 aliphatic rings. The summed E-state index contributed by atoms with van der Waals surface area (Å²) in [6.45, 7) is 8.63. The first kappa shape index (κ1) is 27.3. The molecule has 0 fully saturated rings. The van der Waals surface area contributed by atoms with E-state index in [1.165, 1.54) is 4.90 Å². The van der Waals surface area contributed by atoms with Gasteiger partial charge in [-0.3, -0.25) is 14.5 Å². The van der Waals surface area contributed by atoms with Crippen molar-refractivity contribution in [3.05, 3.63) is 108 Å². The van der Waals surface area contributed by atoms with Gasteiger partial charge in [0.2, 0.25) is 0 Å². The first-order valence-corrected chi connectivity index (χ1v) is 14.0. The molecule has 2 amide bonds. The van der Waals surface area contributed by atoms with Crippen molar-refractivity contribution in [2.75, 3.05) is 24.7 Å². The van der Waals surface area contributed by atoms with Gasteiger partial charge in [0.1, 0.15) is 11.5 Å². The van der Waals surface area contributed by atoms with Crippen LogP contribution in [-0.4, -0.2) is 46.5 Å². The van der Waals surface area contributed by atoms with Crippen LogP contribution >= 0.6 is 11.8 Å². The number of carbonyl (C=O) groups excluding carboxylic acids is 2. The maximum absolute atomic E-state index is 12.5. The fraction of sp³-hybridized carbons (Fsp3) is 0.250. The van der Waals surface area contributed by atoms with E-state index in [4.69, 9.17) is 4.74 Å². The van der Waals surface area contributed by atoms with Crippen LogP contribution in [0.4, 0.5) is 0 Å².